The molecule has 1 aromatic heterocycles. The van der Waals surface area contributed by atoms with Gasteiger partial charge in [0.25, 0.3) is 0 Å². The largest absolute Gasteiger partial charge is 0.469 e. The molecule has 1 fully saturated rings. The van der Waals surface area contributed by atoms with Gasteiger partial charge in [-0.25, -0.2) is 5.01 Å². The van der Waals surface area contributed by atoms with Crippen molar-refractivity contribution in [1.29, 1.82) is 0 Å². The molecule has 1 aliphatic heterocycles. The van der Waals surface area contributed by atoms with Crippen LogP contribution in [0.3, 0.4) is 0 Å². The number of furan rings is 1. The minimum absolute atomic E-state index is 0.531. The molecule has 16 heavy (non-hydrogen) atoms. The van der Waals surface area contributed by atoms with Crippen molar-refractivity contribution in [3.05, 3.63) is 24.2 Å². The molecule has 1 atom stereocenters. The maximum Gasteiger partial charge on any atom is 0.103 e. The number of hydrogen-bond donors (Lipinski definition) is 1. The smallest absolute Gasteiger partial charge is 0.103 e. The first kappa shape index (κ1) is 11.7. The van der Waals surface area contributed by atoms with E-state index in [1.54, 1.807) is 6.26 Å². The predicted octanol–water partition coefficient (Wildman–Crippen LogP) is 2.59. The summed E-state index contributed by atoms with van der Waals surface area (Å²) in [6, 6.07) is 4.54. The molecular weight excluding hydrogens is 200 g/mol. The Morgan fingerprint density at radius 1 is 1.38 bits per heavy atom. The van der Waals surface area contributed by atoms with Gasteiger partial charge in [-0.3, -0.25) is 5.43 Å². The van der Waals surface area contributed by atoms with E-state index in [9.17, 15) is 0 Å². The van der Waals surface area contributed by atoms with E-state index in [0.717, 1.165) is 18.6 Å². The molecule has 90 valence electrons. The van der Waals surface area contributed by atoms with Crippen LogP contribution in [0.5, 0.6) is 0 Å². The van der Waals surface area contributed by atoms with Crippen LogP contribution in [-0.2, 0) is 6.42 Å². The van der Waals surface area contributed by atoms with Crippen LogP contribution in [0.4, 0.5) is 0 Å². The first-order chi connectivity index (χ1) is 7.84. The monoisotopic (exact) mass is 222 g/mol. The maximum atomic E-state index is 5.33. The van der Waals surface area contributed by atoms with Crippen LogP contribution in [0.2, 0.25) is 0 Å². The van der Waals surface area contributed by atoms with Gasteiger partial charge in [-0.05, 0) is 38.3 Å². The Morgan fingerprint density at radius 3 is 2.88 bits per heavy atom. The van der Waals surface area contributed by atoms with E-state index in [-0.39, 0.29) is 0 Å². The van der Waals surface area contributed by atoms with Gasteiger partial charge in [-0.15, -0.1) is 0 Å². The number of hydrazine groups is 1. The SMILES string of the molecule is CC(CCc1ccco1)NN1CCCCC1. The molecule has 1 aliphatic rings. The zero-order chi connectivity index (χ0) is 11.2. The van der Waals surface area contributed by atoms with Gasteiger partial charge in [0.15, 0.2) is 0 Å². The highest BCUT2D eigenvalue weighted by atomic mass is 16.3. The molecule has 0 aliphatic carbocycles. The Balaban J connectivity index is 1.65. The molecule has 1 aromatic rings. The van der Waals surface area contributed by atoms with Crippen LogP contribution >= 0.6 is 0 Å². The fraction of sp³-hybridized carbons (Fsp3) is 0.692. The van der Waals surface area contributed by atoms with Gasteiger partial charge in [0.05, 0.1) is 6.26 Å². The molecule has 1 N–H and O–H groups in total. The molecule has 3 nitrogen and oxygen atoms in total. The van der Waals surface area contributed by atoms with Gasteiger partial charge in [-0.2, -0.15) is 0 Å². The Kier molecular flexibility index (Phi) is 4.43. The van der Waals surface area contributed by atoms with Crippen molar-refractivity contribution in [3.8, 4) is 0 Å². The normalized spacial score (nSPS) is 19.8. The summed E-state index contributed by atoms with van der Waals surface area (Å²) in [7, 11) is 0. The number of rotatable bonds is 5. The van der Waals surface area contributed by atoms with E-state index in [4.69, 9.17) is 4.42 Å². The van der Waals surface area contributed by atoms with Crippen molar-refractivity contribution < 1.29 is 4.42 Å². The van der Waals surface area contributed by atoms with Crippen LogP contribution in [0.1, 0.15) is 38.4 Å². The number of aryl methyl sites for hydroxylation is 1. The summed E-state index contributed by atoms with van der Waals surface area (Å²) in [5, 5.41) is 2.37. The average molecular weight is 222 g/mol. The summed E-state index contributed by atoms with van der Waals surface area (Å²) in [5.41, 5.74) is 3.57. The third kappa shape index (κ3) is 3.65. The fourth-order valence-electron chi connectivity index (χ4n) is 2.21. The van der Waals surface area contributed by atoms with Crippen LogP contribution in [0.25, 0.3) is 0 Å². The van der Waals surface area contributed by atoms with Crippen LogP contribution < -0.4 is 5.43 Å². The Bertz CT molecular complexity index is 278. The molecule has 1 saturated heterocycles. The second kappa shape index (κ2) is 6.06. The first-order valence-corrected chi connectivity index (χ1v) is 6.38. The highest BCUT2D eigenvalue weighted by molar-refractivity contribution is 4.98. The van der Waals surface area contributed by atoms with E-state index in [1.807, 2.05) is 12.1 Å². The highest BCUT2D eigenvalue weighted by Crippen LogP contribution is 2.09. The second-order valence-corrected chi connectivity index (χ2v) is 4.70. The van der Waals surface area contributed by atoms with Crippen molar-refractivity contribution in [3.63, 3.8) is 0 Å². The van der Waals surface area contributed by atoms with E-state index in [1.165, 1.54) is 32.4 Å². The minimum Gasteiger partial charge on any atom is -0.469 e. The summed E-state index contributed by atoms with van der Waals surface area (Å²) >= 11 is 0. The van der Waals surface area contributed by atoms with Crippen LogP contribution in [0, 0.1) is 0 Å². The van der Waals surface area contributed by atoms with E-state index in [2.05, 4.69) is 17.4 Å². The molecule has 0 amide bonds. The van der Waals surface area contributed by atoms with Crippen molar-refractivity contribution >= 4 is 0 Å². The molecular formula is C13H22N2O. The van der Waals surface area contributed by atoms with Crippen LogP contribution in [0.15, 0.2) is 22.8 Å². The van der Waals surface area contributed by atoms with E-state index in [0.29, 0.717) is 6.04 Å². The molecule has 0 saturated carbocycles. The molecule has 1 unspecified atom stereocenters. The summed E-state index contributed by atoms with van der Waals surface area (Å²) in [6.07, 6.45) is 7.95. The van der Waals surface area contributed by atoms with Gasteiger partial charge in [-0.1, -0.05) is 6.42 Å². The van der Waals surface area contributed by atoms with Gasteiger partial charge < -0.3 is 4.42 Å². The van der Waals surface area contributed by atoms with Gasteiger partial charge in [0.2, 0.25) is 0 Å². The fourth-order valence-corrected chi connectivity index (χ4v) is 2.21. The second-order valence-electron chi connectivity index (χ2n) is 4.70. The molecule has 0 spiro atoms. The number of hydrogen-bond acceptors (Lipinski definition) is 3. The van der Waals surface area contributed by atoms with Gasteiger partial charge in [0.1, 0.15) is 5.76 Å². The number of nitrogens with one attached hydrogen (secondary N) is 1. The Morgan fingerprint density at radius 2 is 2.19 bits per heavy atom. The number of nitrogens with zero attached hydrogens (tertiary/aromatic N) is 1. The lowest BCUT2D eigenvalue weighted by Gasteiger charge is -2.30. The zero-order valence-electron chi connectivity index (χ0n) is 10.1. The van der Waals surface area contributed by atoms with E-state index < -0.39 is 0 Å². The van der Waals surface area contributed by atoms with Gasteiger partial charge in [0, 0.05) is 25.6 Å². The Hall–Kier alpha value is -0.800. The number of piperidine rings is 1. The van der Waals surface area contributed by atoms with Crippen molar-refractivity contribution in [1.82, 2.24) is 10.4 Å². The summed E-state index contributed by atoms with van der Waals surface area (Å²) in [4.78, 5) is 0. The lowest BCUT2D eigenvalue weighted by Crippen LogP contribution is -2.46. The first-order valence-electron chi connectivity index (χ1n) is 6.38. The van der Waals surface area contributed by atoms with Crippen molar-refractivity contribution in [2.45, 2.75) is 45.1 Å². The Labute approximate surface area is 97.8 Å². The molecule has 0 aromatic carbocycles. The van der Waals surface area contributed by atoms with Crippen LogP contribution in [-0.4, -0.2) is 24.1 Å². The molecule has 2 heterocycles. The summed E-state index contributed by atoms with van der Waals surface area (Å²) < 4.78 is 5.33. The minimum atomic E-state index is 0.531. The summed E-state index contributed by atoms with van der Waals surface area (Å²) in [5.74, 6) is 1.09. The molecule has 0 radical (unpaired) electrons. The molecule has 0 bridgehead atoms. The molecule has 3 heteroatoms. The standard InChI is InChI=1S/C13H22N2O/c1-12(7-8-13-6-5-11-16-13)14-15-9-3-2-4-10-15/h5-6,11-12,14H,2-4,7-10H2,1H3. The lowest BCUT2D eigenvalue weighted by atomic mass is 10.1. The average Bonchev–Trinajstić information content (AvgIpc) is 2.81. The summed E-state index contributed by atoms with van der Waals surface area (Å²) in [6.45, 7) is 4.65. The molecule has 2 rings (SSSR count). The third-order valence-corrected chi connectivity index (χ3v) is 3.16. The predicted molar refractivity (Wildman–Crippen MR) is 65.1 cm³/mol. The van der Waals surface area contributed by atoms with Crippen molar-refractivity contribution in [2.75, 3.05) is 13.1 Å². The lowest BCUT2D eigenvalue weighted by molar-refractivity contribution is 0.129. The van der Waals surface area contributed by atoms with Gasteiger partial charge >= 0.3 is 0 Å². The topological polar surface area (TPSA) is 28.4 Å². The highest BCUT2D eigenvalue weighted by Gasteiger charge is 2.12. The zero-order valence-corrected chi connectivity index (χ0v) is 10.1. The van der Waals surface area contributed by atoms with E-state index >= 15 is 0 Å². The quantitative estimate of drug-likeness (QED) is 0.830. The maximum absolute atomic E-state index is 5.33. The third-order valence-electron chi connectivity index (χ3n) is 3.16. The van der Waals surface area contributed by atoms with Crippen molar-refractivity contribution in [2.24, 2.45) is 0 Å².